The summed E-state index contributed by atoms with van der Waals surface area (Å²) in [5.41, 5.74) is 3.43. The fraction of sp³-hybridized carbons (Fsp3) is 0.133. The summed E-state index contributed by atoms with van der Waals surface area (Å²) in [5.74, 6) is -0.667. The van der Waals surface area contributed by atoms with Crippen LogP contribution in [-0.2, 0) is 11.2 Å². The van der Waals surface area contributed by atoms with E-state index < -0.39 is 6.04 Å². The third kappa shape index (κ3) is 5.87. The summed E-state index contributed by atoms with van der Waals surface area (Å²) in [6, 6.07) is 30.1. The SMILES string of the molecule is CN(C)c1ccc(-c2nnc(NC(=O)C(Cc3ccccc3)NC(=O)c3ccc4ccccc4c3)s2)cc1. The minimum Gasteiger partial charge on any atom is -0.378 e. The molecule has 1 heterocycles. The van der Waals surface area contributed by atoms with E-state index >= 15 is 0 Å². The fourth-order valence-electron chi connectivity index (χ4n) is 4.12. The van der Waals surface area contributed by atoms with Crippen LogP contribution in [-0.4, -0.2) is 42.1 Å². The van der Waals surface area contributed by atoms with Gasteiger partial charge in [0.15, 0.2) is 0 Å². The van der Waals surface area contributed by atoms with Gasteiger partial charge >= 0.3 is 0 Å². The van der Waals surface area contributed by atoms with Crippen molar-refractivity contribution in [3.63, 3.8) is 0 Å². The van der Waals surface area contributed by atoms with Crippen molar-refractivity contribution in [2.24, 2.45) is 0 Å². The fourth-order valence-corrected chi connectivity index (χ4v) is 4.87. The lowest BCUT2D eigenvalue weighted by Crippen LogP contribution is -2.45. The van der Waals surface area contributed by atoms with E-state index in [9.17, 15) is 9.59 Å². The van der Waals surface area contributed by atoms with Gasteiger partial charge in [0.25, 0.3) is 5.91 Å². The van der Waals surface area contributed by atoms with E-state index in [0.717, 1.165) is 27.6 Å². The molecular weight excluding hydrogens is 494 g/mol. The van der Waals surface area contributed by atoms with Gasteiger partial charge in [0.2, 0.25) is 11.0 Å². The minimum atomic E-state index is -0.803. The van der Waals surface area contributed by atoms with Gasteiger partial charge in [0.05, 0.1) is 0 Å². The van der Waals surface area contributed by atoms with Crippen molar-refractivity contribution in [3.8, 4) is 10.6 Å². The van der Waals surface area contributed by atoms with Gasteiger partial charge in [-0.05, 0) is 52.7 Å². The lowest BCUT2D eigenvalue weighted by atomic mass is 10.0. The van der Waals surface area contributed by atoms with E-state index in [0.29, 0.717) is 22.1 Å². The largest absolute Gasteiger partial charge is 0.378 e. The standard InChI is InChI=1S/C30H27N5O2S/c1-35(2)25-16-14-22(15-17-25)29-33-34-30(38-29)32-28(37)26(18-20-8-4-3-5-9-20)31-27(36)24-13-12-21-10-6-7-11-23(21)19-24/h3-17,19,26H,18H2,1-2H3,(H,31,36)(H,32,34,37). The first-order valence-electron chi connectivity index (χ1n) is 12.2. The Labute approximate surface area is 225 Å². The van der Waals surface area contributed by atoms with Gasteiger partial charge in [-0.2, -0.15) is 0 Å². The molecule has 5 aromatic rings. The van der Waals surface area contributed by atoms with E-state index in [2.05, 4.69) is 20.8 Å². The van der Waals surface area contributed by atoms with Crippen molar-refractivity contribution in [2.45, 2.75) is 12.5 Å². The zero-order chi connectivity index (χ0) is 26.5. The molecule has 0 radical (unpaired) electrons. The highest BCUT2D eigenvalue weighted by Gasteiger charge is 2.23. The molecule has 0 fully saturated rings. The molecule has 0 bridgehead atoms. The van der Waals surface area contributed by atoms with Crippen LogP contribution in [0.1, 0.15) is 15.9 Å². The molecule has 1 atom stereocenters. The summed E-state index contributed by atoms with van der Waals surface area (Å²) in [5, 5.41) is 17.3. The van der Waals surface area contributed by atoms with Crippen molar-refractivity contribution in [2.75, 3.05) is 24.3 Å². The Morgan fingerprint density at radius 1 is 0.842 bits per heavy atom. The molecule has 2 amide bonds. The van der Waals surface area contributed by atoms with Crippen LogP contribution in [0.5, 0.6) is 0 Å². The number of aromatic nitrogens is 2. The van der Waals surface area contributed by atoms with Gasteiger partial charge in [-0.1, -0.05) is 72.0 Å². The number of hydrogen-bond acceptors (Lipinski definition) is 6. The average Bonchev–Trinajstić information content (AvgIpc) is 3.41. The normalized spacial score (nSPS) is 11.6. The zero-order valence-electron chi connectivity index (χ0n) is 21.1. The highest BCUT2D eigenvalue weighted by Crippen LogP contribution is 2.28. The van der Waals surface area contributed by atoms with Crippen LogP contribution in [0.2, 0.25) is 0 Å². The number of amides is 2. The summed E-state index contributed by atoms with van der Waals surface area (Å²) in [6.45, 7) is 0. The molecule has 1 aromatic heterocycles. The Kier molecular flexibility index (Phi) is 7.42. The van der Waals surface area contributed by atoms with E-state index in [4.69, 9.17) is 0 Å². The van der Waals surface area contributed by atoms with E-state index in [1.54, 1.807) is 6.07 Å². The summed E-state index contributed by atoms with van der Waals surface area (Å²) < 4.78 is 0. The molecule has 38 heavy (non-hydrogen) atoms. The second-order valence-corrected chi connectivity index (χ2v) is 10.1. The minimum absolute atomic E-state index is 0.314. The third-order valence-corrected chi connectivity index (χ3v) is 7.09. The molecule has 0 saturated carbocycles. The maximum absolute atomic E-state index is 13.4. The number of hydrogen-bond donors (Lipinski definition) is 2. The highest BCUT2D eigenvalue weighted by molar-refractivity contribution is 7.18. The number of benzene rings is 4. The number of anilines is 2. The van der Waals surface area contributed by atoms with Gasteiger partial charge in [-0.15, -0.1) is 10.2 Å². The second kappa shape index (κ2) is 11.2. The summed E-state index contributed by atoms with van der Waals surface area (Å²) in [6.07, 6.45) is 0.337. The molecule has 8 heteroatoms. The van der Waals surface area contributed by atoms with Gasteiger partial charge in [-0.3, -0.25) is 14.9 Å². The Morgan fingerprint density at radius 3 is 2.29 bits per heavy atom. The molecule has 0 spiro atoms. The Bertz CT molecular complexity index is 1560. The van der Waals surface area contributed by atoms with E-state index in [-0.39, 0.29) is 11.8 Å². The van der Waals surface area contributed by atoms with Gasteiger partial charge in [-0.25, -0.2) is 0 Å². The Hall–Kier alpha value is -4.56. The van der Waals surface area contributed by atoms with Crippen molar-refractivity contribution < 1.29 is 9.59 Å². The quantitative estimate of drug-likeness (QED) is 0.285. The number of nitrogens with one attached hydrogen (secondary N) is 2. The molecule has 4 aromatic carbocycles. The molecule has 0 aliphatic carbocycles. The highest BCUT2D eigenvalue weighted by atomic mass is 32.1. The lowest BCUT2D eigenvalue weighted by Gasteiger charge is -2.18. The number of fused-ring (bicyclic) bond motifs is 1. The first-order valence-corrected chi connectivity index (χ1v) is 13.0. The monoisotopic (exact) mass is 521 g/mol. The van der Waals surface area contributed by atoms with Crippen LogP contribution in [0.15, 0.2) is 97.1 Å². The number of carbonyl (C=O) groups excluding carboxylic acids is 2. The van der Waals surface area contributed by atoms with Gasteiger partial charge in [0.1, 0.15) is 11.0 Å². The molecule has 2 N–H and O–H groups in total. The lowest BCUT2D eigenvalue weighted by molar-refractivity contribution is -0.118. The van der Waals surface area contributed by atoms with Crippen molar-refractivity contribution in [1.29, 1.82) is 0 Å². The molecule has 5 rings (SSSR count). The second-order valence-electron chi connectivity index (χ2n) is 9.12. The molecule has 0 aliphatic heterocycles. The van der Waals surface area contributed by atoms with Crippen molar-refractivity contribution in [3.05, 3.63) is 108 Å². The van der Waals surface area contributed by atoms with Crippen LogP contribution in [0, 0.1) is 0 Å². The molecule has 0 saturated heterocycles. The summed E-state index contributed by atoms with van der Waals surface area (Å²) in [7, 11) is 3.97. The van der Waals surface area contributed by atoms with Crippen LogP contribution in [0.25, 0.3) is 21.3 Å². The first kappa shape index (κ1) is 25.1. The van der Waals surface area contributed by atoms with Crippen molar-refractivity contribution in [1.82, 2.24) is 15.5 Å². The van der Waals surface area contributed by atoms with Crippen LogP contribution < -0.4 is 15.5 Å². The van der Waals surface area contributed by atoms with E-state index in [1.165, 1.54) is 11.3 Å². The molecular formula is C30H27N5O2S. The molecule has 7 nitrogen and oxygen atoms in total. The van der Waals surface area contributed by atoms with Gasteiger partial charge in [0, 0.05) is 37.3 Å². The van der Waals surface area contributed by atoms with Crippen LogP contribution in [0.4, 0.5) is 10.8 Å². The van der Waals surface area contributed by atoms with Gasteiger partial charge < -0.3 is 10.2 Å². The maximum Gasteiger partial charge on any atom is 0.251 e. The smallest absolute Gasteiger partial charge is 0.251 e. The van der Waals surface area contributed by atoms with E-state index in [1.807, 2.05) is 110 Å². The van der Waals surface area contributed by atoms with Crippen LogP contribution >= 0.6 is 11.3 Å². The number of rotatable bonds is 8. The topological polar surface area (TPSA) is 87.2 Å². The molecule has 0 aliphatic rings. The van der Waals surface area contributed by atoms with Crippen LogP contribution in [0.3, 0.4) is 0 Å². The van der Waals surface area contributed by atoms with Crippen molar-refractivity contribution >= 4 is 44.7 Å². The number of carbonyl (C=O) groups is 2. The summed E-state index contributed by atoms with van der Waals surface area (Å²) in [4.78, 5) is 28.6. The Balaban J connectivity index is 1.33. The predicted molar refractivity (Wildman–Crippen MR) is 154 cm³/mol. The molecule has 190 valence electrons. The molecule has 1 unspecified atom stereocenters. The predicted octanol–water partition coefficient (Wildman–Crippen LogP) is 5.40. The average molecular weight is 522 g/mol. The number of nitrogens with zero attached hydrogens (tertiary/aromatic N) is 3. The maximum atomic E-state index is 13.4. The zero-order valence-corrected chi connectivity index (χ0v) is 21.9. The Morgan fingerprint density at radius 2 is 1.55 bits per heavy atom. The summed E-state index contributed by atoms with van der Waals surface area (Å²) >= 11 is 1.29. The third-order valence-electron chi connectivity index (χ3n) is 6.20. The first-order chi connectivity index (χ1) is 18.5.